The van der Waals surface area contributed by atoms with E-state index in [0.717, 1.165) is 5.56 Å². The van der Waals surface area contributed by atoms with Crippen molar-refractivity contribution in [1.82, 2.24) is 4.98 Å². The third-order valence-electron chi connectivity index (χ3n) is 5.22. The first-order chi connectivity index (χ1) is 15.4. The summed E-state index contributed by atoms with van der Waals surface area (Å²) in [5.74, 6) is 0.204. The lowest BCUT2D eigenvalue weighted by molar-refractivity contribution is -0.120. The molecule has 1 N–H and O–H groups in total. The molecular formula is C25H23ClN4O2. The van der Waals surface area contributed by atoms with Crippen LogP contribution in [0.15, 0.2) is 71.9 Å². The van der Waals surface area contributed by atoms with Gasteiger partial charge in [0.2, 0.25) is 11.8 Å². The van der Waals surface area contributed by atoms with Crippen LogP contribution in [-0.4, -0.2) is 29.1 Å². The fraction of sp³-hybridized carbons (Fsp3) is 0.200. The maximum atomic E-state index is 13.1. The van der Waals surface area contributed by atoms with Gasteiger partial charge in [0.1, 0.15) is 12.2 Å². The third-order valence-corrected chi connectivity index (χ3v) is 5.45. The molecule has 0 unspecified atom stereocenters. The topological polar surface area (TPSA) is 74.7 Å². The Labute approximate surface area is 192 Å². The predicted molar refractivity (Wildman–Crippen MR) is 128 cm³/mol. The third kappa shape index (κ3) is 4.86. The van der Waals surface area contributed by atoms with Gasteiger partial charge in [-0.25, -0.2) is 9.98 Å². The minimum atomic E-state index is -0.307. The van der Waals surface area contributed by atoms with Crippen LogP contribution in [0.1, 0.15) is 37.3 Å². The first-order valence-corrected chi connectivity index (χ1v) is 10.8. The van der Waals surface area contributed by atoms with Gasteiger partial charge in [-0.3, -0.25) is 14.5 Å². The Hall–Kier alpha value is -3.51. The second-order valence-electron chi connectivity index (χ2n) is 7.90. The Morgan fingerprint density at radius 1 is 1.12 bits per heavy atom. The second kappa shape index (κ2) is 9.32. The zero-order chi connectivity index (χ0) is 22.7. The molecule has 0 aliphatic carbocycles. The molecule has 0 radical (unpaired) electrons. The predicted octanol–water partition coefficient (Wildman–Crippen LogP) is 5.35. The van der Waals surface area contributed by atoms with Gasteiger partial charge in [-0.15, -0.1) is 0 Å². The lowest BCUT2D eigenvalue weighted by Crippen LogP contribution is -2.39. The van der Waals surface area contributed by atoms with Crippen molar-refractivity contribution in [3.05, 3.63) is 83.0 Å². The van der Waals surface area contributed by atoms with E-state index in [1.165, 1.54) is 10.5 Å². The number of carbonyl (C=O) groups excluding carboxylic acids is 2. The summed E-state index contributed by atoms with van der Waals surface area (Å²) >= 11 is 6.13. The lowest BCUT2D eigenvalue weighted by atomic mass is 10.0. The Morgan fingerprint density at radius 2 is 1.91 bits per heavy atom. The number of pyridine rings is 1. The number of rotatable bonds is 5. The number of carbonyl (C=O) groups is 2. The normalized spacial score (nSPS) is 13.4. The molecule has 6 nitrogen and oxygen atoms in total. The summed E-state index contributed by atoms with van der Waals surface area (Å²) in [7, 11) is 0. The van der Waals surface area contributed by atoms with E-state index in [0.29, 0.717) is 33.8 Å². The van der Waals surface area contributed by atoms with Gasteiger partial charge in [0, 0.05) is 16.9 Å². The summed E-state index contributed by atoms with van der Waals surface area (Å²) in [5.41, 5.74) is 3.74. The van der Waals surface area contributed by atoms with E-state index in [-0.39, 0.29) is 24.8 Å². The van der Waals surface area contributed by atoms with Crippen molar-refractivity contribution in [1.29, 1.82) is 0 Å². The number of anilines is 2. The Balaban J connectivity index is 1.56. The minimum absolute atomic E-state index is 0.0348. The summed E-state index contributed by atoms with van der Waals surface area (Å²) in [5, 5.41) is 3.43. The van der Waals surface area contributed by atoms with Crippen LogP contribution in [0.25, 0.3) is 0 Å². The number of benzene rings is 2. The summed E-state index contributed by atoms with van der Waals surface area (Å²) < 4.78 is 0. The fourth-order valence-electron chi connectivity index (χ4n) is 3.52. The van der Waals surface area contributed by atoms with Crippen molar-refractivity contribution in [2.45, 2.75) is 26.2 Å². The number of halogens is 1. The van der Waals surface area contributed by atoms with E-state index < -0.39 is 0 Å². The zero-order valence-electron chi connectivity index (χ0n) is 17.9. The van der Waals surface area contributed by atoms with Gasteiger partial charge in [0.05, 0.1) is 12.1 Å². The van der Waals surface area contributed by atoms with Crippen LogP contribution in [0.5, 0.6) is 0 Å². The van der Waals surface area contributed by atoms with E-state index in [1.54, 1.807) is 30.5 Å². The van der Waals surface area contributed by atoms with Crippen molar-refractivity contribution in [3.8, 4) is 0 Å². The number of hydrogen-bond donors (Lipinski definition) is 1. The molecule has 0 fully saturated rings. The molecule has 162 valence electrons. The molecule has 0 atom stereocenters. The lowest BCUT2D eigenvalue weighted by Gasteiger charge is -2.20. The van der Waals surface area contributed by atoms with E-state index in [4.69, 9.17) is 11.6 Å². The Morgan fingerprint density at radius 3 is 2.62 bits per heavy atom. The molecule has 0 saturated heterocycles. The number of aliphatic imine (C=N–C) groups is 1. The van der Waals surface area contributed by atoms with Crippen LogP contribution in [0.2, 0.25) is 5.02 Å². The maximum absolute atomic E-state index is 13.1. The molecule has 4 rings (SSSR count). The summed E-state index contributed by atoms with van der Waals surface area (Å²) in [6, 6.07) is 18.4. The minimum Gasteiger partial charge on any atom is -0.325 e. The quantitative estimate of drug-likeness (QED) is 0.573. The molecule has 1 aromatic heterocycles. The molecule has 0 bridgehead atoms. The molecule has 2 aromatic carbocycles. The van der Waals surface area contributed by atoms with Crippen molar-refractivity contribution in [2.75, 3.05) is 16.8 Å². The smallest absolute Gasteiger partial charge is 0.244 e. The monoisotopic (exact) mass is 446 g/mol. The molecule has 1 aliphatic rings. The number of aromatic nitrogens is 1. The van der Waals surface area contributed by atoms with Gasteiger partial charge in [0.15, 0.2) is 5.82 Å². The van der Waals surface area contributed by atoms with Crippen LogP contribution in [0, 0.1) is 0 Å². The number of amides is 2. The summed E-state index contributed by atoms with van der Waals surface area (Å²) in [6.07, 6.45) is 1.62. The van der Waals surface area contributed by atoms with Crippen LogP contribution >= 0.6 is 11.6 Å². The Kier molecular flexibility index (Phi) is 6.32. The number of fused-ring (bicyclic) bond motifs is 1. The van der Waals surface area contributed by atoms with E-state index >= 15 is 0 Å². The van der Waals surface area contributed by atoms with Crippen molar-refractivity contribution in [2.24, 2.45) is 4.99 Å². The molecule has 0 spiro atoms. The molecule has 7 heteroatoms. The number of nitrogens with zero attached hydrogens (tertiary/aromatic N) is 3. The van der Waals surface area contributed by atoms with Gasteiger partial charge < -0.3 is 5.32 Å². The average Bonchev–Trinajstić information content (AvgIpc) is 2.91. The van der Waals surface area contributed by atoms with Gasteiger partial charge in [-0.2, -0.15) is 0 Å². The van der Waals surface area contributed by atoms with Crippen molar-refractivity contribution >= 4 is 46.3 Å². The van der Waals surface area contributed by atoms with Gasteiger partial charge >= 0.3 is 0 Å². The molecule has 3 aromatic rings. The summed E-state index contributed by atoms with van der Waals surface area (Å²) in [4.78, 5) is 36.3. The second-order valence-corrected chi connectivity index (χ2v) is 8.33. The first kappa shape index (κ1) is 21.7. The van der Waals surface area contributed by atoms with Gasteiger partial charge in [0.25, 0.3) is 0 Å². The van der Waals surface area contributed by atoms with Gasteiger partial charge in [-0.1, -0.05) is 49.7 Å². The highest BCUT2D eigenvalue weighted by atomic mass is 35.5. The van der Waals surface area contributed by atoms with E-state index in [9.17, 15) is 9.59 Å². The SMILES string of the molecule is CC(C)c1ccc(NC(=O)CN2C(=O)CC(c3cccc(Cl)c3)=Nc3cccnc32)cc1. The van der Waals surface area contributed by atoms with E-state index in [2.05, 4.69) is 29.1 Å². The molecule has 1 aliphatic heterocycles. The molecule has 2 amide bonds. The van der Waals surface area contributed by atoms with Crippen LogP contribution in [-0.2, 0) is 9.59 Å². The molecule has 0 saturated carbocycles. The first-order valence-electron chi connectivity index (χ1n) is 10.4. The van der Waals surface area contributed by atoms with Crippen LogP contribution in [0.3, 0.4) is 0 Å². The zero-order valence-corrected chi connectivity index (χ0v) is 18.6. The van der Waals surface area contributed by atoms with Gasteiger partial charge in [-0.05, 0) is 53.4 Å². The molecular weight excluding hydrogens is 424 g/mol. The van der Waals surface area contributed by atoms with Crippen LogP contribution < -0.4 is 10.2 Å². The highest BCUT2D eigenvalue weighted by Crippen LogP contribution is 2.31. The standard InChI is InChI=1S/C25H23ClN4O2/c1-16(2)17-8-10-20(11-9-17)28-23(31)15-30-24(32)14-22(18-5-3-6-19(26)13-18)29-21-7-4-12-27-25(21)30/h3-13,16H,14-15H2,1-2H3,(H,28,31). The largest absolute Gasteiger partial charge is 0.325 e. The number of nitrogens with one attached hydrogen (secondary N) is 1. The Bertz CT molecular complexity index is 1190. The average molecular weight is 447 g/mol. The van der Waals surface area contributed by atoms with Crippen LogP contribution in [0.4, 0.5) is 17.2 Å². The fourth-order valence-corrected chi connectivity index (χ4v) is 3.71. The van der Waals surface area contributed by atoms with E-state index in [1.807, 2.05) is 36.4 Å². The number of hydrogen-bond acceptors (Lipinski definition) is 4. The molecule has 2 heterocycles. The highest BCUT2D eigenvalue weighted by molar-refractivity contribution is 6.31. The maximum Gasteiger partial charge on any atom is 0.244 e. The highest BCUT2D eigenvalue weighted by Gasteiger charge is 2.27. The van der Waals surface area contributed by atoms with Crippen molar-refractivity contribution < 1.29 is 9.59 Å². The van der Waals surface area contributed by atoms with Crippen molar-refractivity contribution in [3.63, 3.8) is 0 Å². The molecule has 32 heavy (non-hydrogen) atoms. The summed E-state index contributed by atoms with van der Waals surface area (Å²) in [6.45, 7) is 4.07.